The average molecular weight is 350 g/mol. The van der Waals surface area contributed by atoms with Gasteiger partial charge in [-0.3, -0.25) is 15.6 Å². The summed E-state index contributed by atoms with van der Waals surface area (Å²) in [4.78, 5) is 23.7. The fourth-order valence-corrected chi connectivity index (χ4v) is 3.44. The molecule has 0 radical (unpaired) electrons. The maximum atomic E-state index is 11.9. The minimum Gasteiger partial charge on any atom is -0.477 e. The first kappa shape index (κ1) is 16.3. The summed E-state index contributed by atoms with van der Waals surface area (Å²) in [5.74, 6) is -1.08. The Labute approximate surface area is 149 Å². The Kier molecular flexibility index (Phi) is 3.95. The number of hydrogen-bond donors (Lipinski definition) is 4. The third-order valence-corrected chi connectivity index (χ3v) is 4.55. The zero-order valence-electron chi connectivity index (χ0n) is 14.0. The number of fused-ring (bicyclic) bond motifs is 1. The van der Waals surface area contributed by atoms with E-state index in [-0.39, 0.29) is 17.9 Å². The van der Waals surface area contributed by atoms with Gasteiger partial charge in [0.15, 0.2) is 5.78 Å². The van der Waals surface area contributed by atoms with Gasteiger partial charge in [0.25, 0.3) is 0 Å². The molecule has 4 rings (SSSR count). The van der Waals surface area contributed by atoms with Crippen LogP contribution >= 0.6 is 0 Å². The number of nitrogens with two attached hydrogens (primary N) is 1. The van der Waals surface area contributed by atoms with E-state index in [1.54, 1.807) is 22.8 Å². The van der Waals surface area contributed by atoms with E-state index >= 15 is 0 Å². The summed E-state index contributed by atoms with van der Waals surface area (Å²) in [6.45, 7) is 1.16. The van der Waals surface area contributed by atoms with Gasteiger partial charge in [0, 0.05) is 36.0 Å². The molecule has 2 aromatic rings. The van der Waals surface area contributed by atoms with Gasteiger partial charge in [-0.05, 0) is 29.8 Å². The molecule has 0 amide bonds. The van der Waals surface area contributed by atoms with Gasteiger partial charge in [-0.15, -0.1) is 0 Å². The lowest BCUT2D eigenvalue weighted by Gasteiger charge is -2.17. The van der Waals surface area contributed by atoms with E-state index in [9.17, 15) is 14.7 Å². The van der Waals surface area contributed by atoms with E-state index in [0.29, 0.717) is 24.0 Å². The highest BCUT2D eigenvalue weighted by Crippen LogP contribution is 2.24. The molecule has 1 aromatic heterocycles. The number of aromatic carboxylic acids is 1. The number of benzene rings is 1. The molecular formula is C19H18N4O3. The van der Waals surface area contributed by atoms with Crippen LogP contribution in [-0.4, -0.2) is 34.5 Å². The molecule has 0 saturated carbocycles. The first-order valence-corrected chi connectivity index (χ1v) is 8.28. The quantitative estimate of drug-likeness (QED) is 0.565. The highest BCUT2D eigenvalue weighted by molar-refractivity contribution is 6.09. The number of hydrazine groups is 1. The van der Waals surface area contributed by atoms with Crippen LogP contribution < -0.4 is 27.2 Å². The standard InChI is InChI=1S/C19H18N4O3/c20-14-3-1-2-11(6-14)18(13-9-21-22-10-13)23-16-5-4-15(24)7-12(16)8-17(23)19(25)26/h1-3,5-8,21-22H,4,9-10,20H2,(H,25,26). The monoisotopic (exact) mass is 350 g/mol. The molecule has 0 spiro atoms. The lowest BCUT2D eigenvalue weighted by atomic mass is 10.0. The number of nitrogens with one attached hydrogen (secondary N) is 2. The molecular weight excluding hydrogens is 332 g/mol. The molecule has 0 bridgehead atoms. The normalized spacial score (nSPS) is 16.0. The van der Waals surface area contributed by atoms with Crippen molar-refractivity contribution in [3.63, 3.8) is 0 Å². The Balaban J connectivity index is 2.08. The molecule has 0 unspecified atom stereocenters. The van der Waals surface area contributed by atoms with Gasteiger partial charge in [0.2, 0.25) is 0 Å². The second-order valence-electron chi connectivity index (χ2n) is 6.31. The van der Waals surface area contributed by atoms with Crippen LogP contribution in [0, 0.1) is 0 Å². The van der Waals surface area contributed by atoms with Crippen molar-refractivity contribution >= 4 is 35.3 Å². The molecule has 1 aliphatic carbocycles. The maximum Gasteiger partial charge on any atom is 0.352 e. The van der Waals surface area contributed by atoms with Crippen LogP contribution in [0.15, 0.2) is 35.9 Å². The number of carbonyl (C=O) groups excluding carboxylic acids is 1. The second kappa shape index (κ2) is 6.29. The third kappa shape index (κ3) is 2.73. The van der Waals surface area contributed by atoms with Gasteiger partial charge in [-0.25, -0.2) is 4.79 Å². The number of nitrogens with zero attached hydrogens (tertiary/aromatic N) is 1. The Morgan fingerprint density at radius 1 is 1.19 bits per heavy atom. The van der Waals surface area contributed by atoms with Gasteiger partial charge >= 0.3 is 5.97 Å². The zero-order chi connectivity index (χ0) is 18.3. The maximum absolute atomic E-state index is 11.9. The predicted octanol–water partition coefficient (Wildman–Crippen LogP) is -0.330. The van der Waals surface area contributed by atoms with Crippen LogP contribution in [0.5, 0.6) is 0 Å². The van der Waals surface area contributed by atoms with Crippen molar-refractivity contribution in [3.05, 3.63) is 57.7 Å². The smallest absolute Gasteiger partial charge is 0.352 e. The largest absolute Gasteiger partial charge is 0.477 e. The van der Waals surface area contributed by atoms with Gasteiger partial charge in [0.1, 0.15) is 5.69 Å². The first-order chi connectivity index (χ1) is 12.5. The Hall–Kier alpha value is -3.16. The van der Waals surface area contributed by atoms with Crippen molar-refractivity contribution in [2.75, 3.05) is 18.8 Å². The van der Waals surface area contributed by atoms with Crippen LogP contribution in [0.25, 0.3) is 17.8 Å². The van der Waals surface area contributed by atoms with E-state index in [1.165, 1.54) is 6.08 Å². The summed E-state index contributed by atoms with van der Waals surface area (Å²) in [7, 11) is 0. The van der Waals surface area contributed by atoms with E-state index in [1.807, 2.05) is 18.2 Å². The van der Waals surface area contributed by atoms with Gasteiger partial charge in [0.05, 0.1) is 11.0 Å². The number of aromatic nitrogens is 1. The molecule has 2 aliphatic rings. The molecule has 1 aromatic carbocycles. The molecule has 2 heterocycles. The van der Waals surface area contributed by atoms with Crippen LogP contribution in [0.1, 0.15) is 22.5 Å². The van der Waals surface area contributed by atoms with Crippen molar-refractivity contribution in [2.45, 2.75) is 6.42 Å². The molecule has 7 nitrogen and oxygen atoms in total. The molecule has 1 aliphatic heterocycles. The summed E-state index contributed by atoms with van der Waals surface area (Å²) < 4.78 is 1.72. The number of Topliss-reactive ketones (excluding diaryl/α,β-unsaturated/α-hetero) is 1. The second-order valence-corrected chi connectivity index (χ2v) is 6.31. The van der Waals surface area contributed by atoms with E-state index < -0.39 is 5.97 Å². The fraction of sp³-hybridized carbons (Fsp3) is 0.158. The van der Waals surface area contributed by atoms with E-state index in [0.717, 1.165) is 22.2 Å². The summed E-state index contributed by atoms with van der Waals surface area (Å²) in [6, 6.07) is 8.92. The number of anilines is 1. The van der Waals surface area contributed by atoms with Crippen molar-refractivity contribution < 1.29 is 14.7 Å². The molecule has 0 atom stereocenters. The SMILES string of the molecule is Nc1cccc(C(=C2CNNC2)n2c(C(=O)O)cc3c2=CCC(=O)C=3)c1. The Morgan fingerprint density at radius 3 is 2.65 bits per heavy atom. The molecule has 5 N–H and O–H groups in total. The molecule has 1 saturated heterocycles. The number of carbonyl (C=O) groups is 2. The number of nitrogen functional groups attached to an aromatic ring is 1. The zero-order valence-corrected chi connectivity index (χ0v) is 14.0. The minimum atomic E-state index is -1.05. The summed E-state index contributed by atoms with van der Waals surface area (Å²) in [5.41, 5.74) is 15.4. The number of hydrogen-bond acceptors (Lipinski definition) is 5. The first-order valence-electron chi connectivity index (χ1n) is 8.28. The average Bonchev–Trinajstić information content (AvgIpc) is 3.24. The lowest BCUT2D eigenvalue weighted by Crippen LogP contribution is -2.33. The van der Waals surface area contributed by atoms with Crippen LogP contribution in [-0.2, 0) is 4.79 Å². The summed E-state index contributed by atoms with van der Waals surface area (Å²) in [5, 5.41) is 11.1. The predicted molar refractivity (Wildman–Crippen MR) is 98.4 cm³/mol. The number of rotatable bonds is 3. The fourth-order valence-electron chi connectivity index (χ4n) is 3.44. The van der Waals surface area contributed by atoms with Crippen LogP contribution in [0.2, 0.25) is 0 Å². The van der Waals surface area contributed by atoms with Crippen LogP contribution in [0.4, 0.5) is 5.69 Å². The molecule has 26 heavy (non-hydrogen) atoms. The Morgan fingerprint density at radius 2 is 1.96 bits per heavy atom. The summed E-state index contributed by atoms with van der Waals surface area (Å²) in [6.07, 6.45) is 3.55. The highest BCUT2D eigenvalue weighted by atomic mass is 16.4. The highest BCUT2D eigenvalue weighted by Gasteiger charge is 2.23. The van der Waals surface area contributed by atoms with Crippen molar-refractivity contribution in [2.24, 2.45) is 0 Å². The van der Waals surface area contributed by atoms with Gasteiger partial charge in [-0.1, -0.05) is 18.2 Å². The number of ketones is 1. The molecule has 132 valence electrons. The number of carboxylic acid groups (broad SMARTS) is 1. The van der Waals surface area contributed by atoms with Crippen molar-refractivity contribution in [3.8, 4) is 0 Å². The molecule has 1 fully saturated rings. The topological polar surface area (TPSA) is 109 Å². The minimum absolute atomic E-state index is 0.0334. The van der Waals surface area contributed by atoms with E-state index in [4.69, 9.17) is 5.73 Å². The van der Waals surface area contributed by atoms with Crippen LogP contribution in [0.3, 0.4) is 0 Å². The van der Waals surface area contributed by atoms with Crippen molar-refractivity contribution in [1.29, 1.82) is 0 Å². The summed E-state index contributed by atoms with van der Waals surface area (Å²) >= 11 is 0. The lowest BCUT2D eigenvalue weighted by molar-refractivity contribution is -0.112. The van der Waals surface area contributed by atoms with Crippen molar-refractivity contribution in [1.82, 2.24) is 15.4 Å². The third-order valence-electron chi connectivity index (χ3n) is 4.55. The number of carboxylic acids is 1. The Bertz CT molecular complexity index is 1070. The van der Waals surface area contributed by atoms with E-state index in [2.05, 4.69) is 10.9 Å². The van der Waals surface area contributed by atoms with Gasteiger partial charge < -0.3 is 15.4 Å². The molecule has 7 heteroatoms. The van der Waals surface area contributed by atoms with Gasteiger partial charge in [-0.2, -0.15) is 0 Å².